The van der Waals surface area contributed by atoms with Gasteiger partial charge in [0.1, 0.15) is 5.70 Å². The maximum Gasteiger partial charge on any atom is 0.307 e. The van der Waals surface area contributed by atoms with Crippen molar-refractivity contribution in [2.24, 2.45) is 4.99 Å². The molecule has 0 saturated heterocycles. The van der Waals surface area contributed by atoms with Crippen LogP contribution in [0.2, 0.25) is 0 Å². The first-order valence-corrected chi connectivity index (χ1v) is 12.5. The minimum Gasteiger partial charge on any atom is -0.539 e. The van der Waals surface area contributed by atoms with E-state index in [9.17, 15) is 14.7 Å². The predicted molar refractivity (Wildman–Crippen MR) is 138 cm³/mol. The van der Waals surface area contributed by atoms with Gasteiger partial charge in [0, 0.05) is 16.6 Å². The number of anilines is 1. The van der Waals surface area contributed by atoms with Gasteiger partial charge in [-0.15, -0.1) is 0 Å². The molecule has 2 heterocycles. The minimum absolute atomic E-state index is 0.150. The molecule has 0 radical (unpaired) electrons. The average molecular weight is 561 g/mol. The largest absolute Gasteiger partial charge is 0.539 e. The first-order valence-electron chi connectivity index (χ1n) is 10.8. The van der Waals surface area contributed by atoms with Crippen LogP contribution in [0.15, 0.2) is 105 Å². The Morgan fingerprint density at radius 3 is 2.50 bits per heavy atom. The molecule has 0 fully saturated rings. The topological polar surface area (TPSA) is 103 Å². The molecule has 0 N–H and O–H groups in total. The van der Waals surface area contributed by atoms with Gasteiger partial charge in [-0.3, -0.25) is 14.5 Å². The van der Waals surface area contributed by atoms with Gasteiger partial charge in [-0.05, 0) is 40.6 Å². The number of carbonyl (C=O) groups is 2. The Morgan fingerprint density at radius 2 is 1.78 bits per heavy atom. The number of aliphatic imine (C=N–C) groups is 1. The first-order chi connectivity index (χ1) is 17.5. The van der Waals surface area contributed by atoms with E-state index in [1.807, 2.05) is 48.5 Å². The van der Waals surface area contributed by atoms with Crippen LogP contribution in [0.4, 0.5) is 5.69 Å². The second-order valence-corrected chi connectivity index (χ2v) is 9.48. The Bertz CT molecular complexity index is 1500. The molecule has 1 aliphatic heterocycles. The SMILES string of the molecule is O=C(CSC1=N/C(=C/c2cccc(Br)c2)C(=O)N1c1ccccc1)c1c([O-])on[n+]1-c1ccccc1. The van der Waals surface area contributed by atoms with E-state index in [1.54, 1.807) is 42.5 Å². The summed E-state index contributed by atoms with van der Waals surface area (Å²) in [6.07, 6.45) is 1.69. The van der Waals surface area contributed by atoms with E-state index in [0.29, 0.717) is 16.5 Å². The van der Waals surface area contributed by atoms with Crippen LogP contribution in [0.3, 0.4) is 0 Å². The number of halogens is 1. The van der Waals surface area contributed by atoms with Gasteiger partial charge in [0.15, 0.2) is 11.1 Å². The number of rotatable bonds is 6. The zero-order valence-electron chi connectivity index (χ0n) is 18.6. The Kier molecular flexibility index (Phi) is 6.79. The highest BCUT2D eigenvalue weighted by molar-refractivity contribution is 9.10. The Morgan fingerprint density at radius 1 is 1.06 bits per heavy atom. The lowest BCUT2D eigenvalue weighted by atomic mass is 10.2. The molecule has 5 rings (SSSR count). The van der Waals surface area contributed by atoms with Crippen molar-refractivity contribution < 1.29 is 23.9 Å². The van der Waals surface area contributed by atoms with Gasteiger partial charge < -0.3 is 9.63 Å². The molecule has 1 aromatic heterocycles. The van der Waals surface area contributed by atoms with Crippen LogP contribution in [0, 0.1) is 0 Å². The highest BCUT2D eigenvalue weighted by Crippen LogP contribution is 2.30. The number of thioether (sulfide) groups is 1. The van der Waals surface area contributed by atoms with Crippen molar-refractivity contribution >= 4 is 56.3 Å². The van der Waals surface area contributed by atoms with Crippen LogP contribution in [-0.2, 0) is 4.79 Å². The maximum atomic E-state index is 13.3. The zero-order chi connectivity index (χ0) is 25.1. The smallest absolute Gasteiger partial charge is 0.307 e. The molecular weight excluding hydrogens is 544 g/mol. The molecular formula is C26H17BrN4O4S. The molecule has 3 aromatic carbocycles. The number of hydrogen-bond donors (Lipinski definition) is 0. The fourth-order valence-corrected chi connectivity index (χ4v) is 4.87. The maximum absolute atomic E-state index is 13.3. The number of benzene rings is 3. The van der Waals surface area contributed by atoms with Crippen LogP contribution in [0.25, 0.3) is 11.8 Å². The van der Waals surface area contributed by atoms with Gasteiger partial charge in [0.25, 0.3) is 5.91 Å². The minimum atomic E-state index is -0.830. The summed E-state index contributed by atoms with van der Waals surface area (Å²) < 4.78 is 6.82. The number of aromatic nitrogens is 2. The highest BCUT2D eigenvalue weighted by atomic mass is 79.9. The van der Waals surface area contributed by atoms with E-state index in [2.05, 4.69) is 26.2 Å². The molecule has 0 bridgehead atoms. The van der Waals surface area contributed by atoms with E-state index in [0.717, 1.165) is 21.8 Å². The zero-order valence-corrected chi connectivity index (χ0v) is 21.0. The lowest BCUT2D eigenvalue weighted by Gasteiger charge is -2.17. The predicted octanol–water partition coefficient (Wildman–Crippen LogP) is 4.15. The number of hydrogen-bond acceptors (Lipinski definition) is 7. The molecule has 0 spiro atoms. The molecule has 1 amide bonds. The second kappa shape index (κ2) is 10.3. The Labute approximate surface area is 218 Å². The highest BCUT2D eigenvalue weighted by Gasteiger charge is 2.34. The normalized spacial score (nSPS) is 14.4. The summed E-state index contributed by atoms with van der Waals surface area (Å²) in [5.41, 5.74) is 1.98. The van der Waals surface area contributed by atoms with Gasteiger partial charge >= 0.3 is 5.69 Å². The van der Waals surface area contributed by atoms with Crippen LogP contribution in [-0.4, -0.2) is 27.9 Å². The lowest BCUT2D eigenvalue weighted by Crippen LogP contribution is -2.39. The molecule has 0 saturated carbocycles. The molecule has 0 atom stereocenters. The van der Waals surface area contributed by atoms with Gasteiger partial charge in [-0.1, -0.05) is 76.2 Å². The third-order valence-corrected chi connectivity index (χ3v) is 6.64. The third-order valence-electron chi connectivity index (χ3n) is 5.20. The summed E-state index contributed by atoms with van der Waals surface area (Å²) in [6.45, 7) is 0. The second-order valence-electron chi connectivity index (χ2n) is 7.62. The fraction of sp³-hybridized carbons (Fsp3) is 0.0385. The summed E-state index contributed by atoms with van der Waals surface area (Å²) >= 11 is 4.49. The Balaban J connectivity index is 1.44. The van der Waals surface area contributed by atoms with E-state index in [-0.39, 0.29) is 23.1 Å². The summed E-state index contributed by atoms with van der Waals surface area (Å²) in [5.74, 6) is -1.79. The van der Waals surface area contributed by atoms with Crippen molar-refractivity contribution in [1.29, 1.82) is 0 Å². The molecule has 4 aromatic rings. The molecule has 0 aliphatic carbocycles. The number of amidine groups is 1. The average Bonchev–Trinajstić information content (AvgIpc) is 3.43. The van der Waals surface area contributed by atoms with Crippen molar-refractivity contribution in [3.05, 3.63) is 106 Å². The number of para-hydroxylation sites is 2. The fourth-order valence-electron chi connectivity index (χ4n) is 3.58. The van der Waals surface area contributed by atoms with E-state index in [1.165, 1.54) is 9.58 Å². The third kappa shape index (κ3) is 4.86. The molecule has 0 unspecified atom stereocenters. The van der Waals surface area contributed by atoms with Crippen molar-refractivity contribution in [2.45, 2.75) is 0 Å². The molecule has 10 heteroatoms. The van der Waals surface area contributed by atoms with Gasteiger partial charge in [0.05, 0.1) is 16.7 Å². The molecule has 8 nitrogen and oxygen atoms in total. The van der Waals surface area contributed by atoms with Crippen molar-refractivity contribution in [3.63, 3.8) is 0 Å². The van der Waals surface area contributed by atoms with Crippen LogP contribution >= 0.6 is 27.7 Å². The molecule has 178 valence electrons. The summed E-state index contributed by atoms with van der Waals surface area (Å²) in [4.78, 5) is 32.4. The van der Waals surface area contributed by atoms with Gasteiger partial charge in [0.2, 0.25) is 11.5 Å². The van der Waals surface area contributed by atoms with Crippen LogP contribution in [0.1, 0.15) is 16.1 Å². The van der Waals surface area contributed by atoms with Gasteiger partial charge in [-0.25, -0.2) is 4.99 Å². The number of amides is 1. The summed E-state index contributed by atoms with van der Waals surface area (Å²) in [5, 5.41) is 16.3. The van der Waals surface area contributed by atoms with Crippen molar-refractivity contribution in [2.75, 3.05) is 10.7 Å². The summed E-state index contributed by atoms with van der Waals surface area (Å²) in [7, 11) is 0. The Hall–Kier alpha value is -4.02. The number of carbonyl (C=O) groups excluding carboxylic acids is 2. The van der Waals surface area contributed by atoms with Crippen molar-refractivity contribution in [1.82, 2.24) is 5.27 Å². The lowest BCUT2D eigenvalue weighted by molar-refractivity contribution is -0.672. The quantitative estimate of drug-likeness (QED) is 0.199. The van der Waals surface area contributed by atoms with E-state index >= 15 is 0 Å². The van der Waals surface area contributed by atoms with Crippen molar-refractivity contribution in [3.8, 4) is 11.6 Å². The summed E-state index contributed by atoms with van der Waals surface area (Å²) in [6, 6.07) is 25.3. The molecule has 36 heavy (non-hydrogen) atoms. The number of Topliss-reactive ketones (excluding diaryl/α,β-unsaturated/α-hetero) is 1. The first kappa shape index (κ1) is 23.7. The number of ketones is 1. The van der Waals surface area contributed by atoms with Crippen LogP contribution < -0.4 is 14.7 Å². The monoisotopic (exact) mass is 560 g/mol. The number of nitrogens with zero attached hydrogens (tertiary/aromatic N) is 4. The molecule has 1 aliphatic rings. The van der Waals surface area contributed by atoms with E-state index in [4.69, 9.17) is 4.52 Å². The standard InChI is InChI=1S/C26H17BrN4O4S/c27-18-9-7-8-17(14-18)15-21-24(33)30(19-10-3-1-4-11-19)26(28-21)36-16-22(32)23-25(34)35-29-31(23)20-12-5-2-6-13-20/h1-15H,16H2/b21-15+. The van der Waals surface area contributed by atoms with E-state index < -0.39 is 11.7 Å². The van der Waals surface area contributed by atoms with Gasteiger partial charge in [-0.2, -0.15) is 0 Å². The van der Waals surface area contributed by atoms with Crippen LogP contribution in [0.5, 0.6) is 5.95 Å².